The summed E-state index contributed by atoms with van der Waals surface area (Å²) in [7, 11) is 0. The zero-order chi connectivity index (χ0) is 21.7. The Bertz CT molecular complexity index is 954. The summed E-state index contributed by atoms with van der Waals surface area (Å²) in [6.07, 6.45) is 0.364. The Labute approximate surface area is 174 Å². The number of benzene rings is 2. The van der Waals surface area contributed by atoms with E-state index < -0.39 is 17.5 Å². The van der Waals surface area contributed by atoms with E-state index in [-0.39, 0.29) is 24.8 Å². The van der Waals surface area contributed by atoms with Crippen LogP contribution in [0.5, 0.6) is 5.75 Å². The Kier molecular flexibility index (Phi) is 6.15. The minimum Gasteiger partial charge on any atom is -0.427 e. The van der Waals surface area contributed by atoms with Crippen molar-refractivity contribution in [1.82, 2.24) is 10.2 Å². The number of nitrogens with one attached hydrogen (secondary N) is 2. The molecule has 2 aromatic carbocycles. The van der Waals surface area contributed by atoms with E-state index in [4.69, 9.17) is 4.74 Å². The molecule has 2 aromatic rings. The smallest absolute Gasteiger partial charge is 0.325 e. The Hall–Kier alpha value is -3.68. The van der Waals surface area contributed by atoms with E-state index in [9.17, 15) is 19.2 Å². The number of urea groups is 1. The molecule has 0 saturated carbocycles. The number of rotatable bonds is 7. The van der Waals surface area contributed by atoms with E-state index in [2.05, 4.69) is 10.6 Å². The highest BCUT2D eigenvalue weighted by molar-refractivity contribution is 6.06. The van der Waals surface area contributed by atoms with E-state index in [1.165, 1.54) is 0 Å². The van der Waals surface area contributed by atoms with Gasteiger partial charge in [-0.15, -0.1) is 0 Å². The van der Waals surface area contributed by atoms with Crippen molar-refractivity contribution in [2.24, 2.45) is 0 Å². The van der Waals surface area contributed by atoms with Crippen molar-refractivity contribution in [3.05, 3.63) is 60.2 Å². The number of imide groups is 1. The van der Waals surface area contributed by atoms with Crippen LogP contribution < -0.4 is 15.4 Å². The van der Waals surface area contributed by atoms with E-state index >= 15 is 0 Å². The zero-order valence-electron chi connectivity index (χ0n) is 16.8. The third kappa shape index (κ3) is 5.02. The fourth-order valence-corrected chi connectivity index (χ4v) is 2.98. The zero-order valence-corrected chi connectivity index (χ0v) is 16.8. The molecule has 1 saturated heterocycles. The van der Waals surface area contributed by atoms with Gasteiger partial charge in [-0.05, 0) is 56.7 Å². The number of hydrogen-bond acceptors (Lipinski definition) is 5. The van der Waals surface area contributed by atoms with Gasteiger partial charge in [0.2, 0.25) is 0 Å². The van der Waals surface area contributed by atoms with Crippen LogP contribution in [0.1, 0.15) is 37.0 Å². The van der Waals surface area contributed by atoms with Crippen LogP contribution in [0, 0.1) is 0 Å². The number of hydrogen-bond donors (Lipinski definition) is 2. The van der Waals surface area contributed by atoms with Crippen LogP contribution in [0.2, 0.25) is 0 Å². The molecule has 1 heterocycles. The Morgan fingerprint density at radius 3 is 2.30 bits per heavy atom. The minimum absolute atomic E-state index is 0.0595. The lowest BCUT2D eigenvalue weighted by molar-refractivity contribution is -0.135. The van der Waals surface area contributed by atoms with Crippen LogP contribution in [0.3, 0.4) is 0 Å². The number of carbonyl (C=O) groups is 4. The van der Waals surface area contributed by atoms with Gasteiger partial charge in [-0.25, -0.2) is 4.79 Å². The molecule has 1 fully saturated rings. The first-order valence-corrected chi connectivity index (χ1v) is 9.57. The maximum Gasteiger partial charge on any atom is 0.325 e. The lowest BCUT2D eigenvalue weighted by atomic mass is 10.1. The van der Waals surface area contributed by atoms with E-state index in [0.29, 0.717) is 23.4 Å². The maximum atomic E-state index is 12.1. The third-order valence-corrected chi connectivity index (χ3v) is 4.59. The summed E-state index contributed by atoms with van der Waals surface area (Å²) < 4.78 is 5.26. The average molecular weight is 409 g/mol. The van der Waals surface area contributed by atoms with Crippen LogP contribution in [0.25, 0.3) is 0 Å². The van der Waals surface area contributed by atoms with Crippen LogP contribution in [-0.2, 0) is 9.59 Å². The van der Waals surface area contributed by atoms with Gasteiger partial charge in [0.05, 0.1) is 0 Å². The molecule has 8 heteroatoms. The van der Waals surface area contributed by atoms with Gasteiger partial charge in [-0.3, -0.25) is 19.3 Å². The molecule has 0 atom stereocenters. The second-order valence-corrected chi connectivity index (χ2v) is 7.43. The van der Waals surface area contributed by atoms with Crippen LogP contribution in [-0.4, -0.2) is 40.8 Å². The molecule has 0 radical (unpaired) electrons. The summed E-state index contributed by atoms with van der Waals surface area (Å²) in [5.74, 6) is -0.672. The number of amides is 4. The Morgan fingerprint density at radius 2 is 1.70 bits per heavy atom. The standard InChI is InChI=1S/C22H23N3O5/c1-22(2)20(28)25(21(29)24-22)14-6-9-18(26)30-17-12-10-16(11-13-17)23-19(27)15-7-4-3-5-8-15/h3-5,7-8,10-13H,6,9,14H2,1-2H3,(H,23,27)(H,24,29). The van der Waals surface area contributed by atoms with Gasteiger partial charge in [0.15, 0.2) is 0 Å². The van der Waals surface area contributed by atoms with Crippen LogP contribution in [0.15, 0.2) is 54.6 Å². The van der Waals surface area contributed by atoms with Crippen molar-refractivity contribution in [1.29, 1.82) is 0 Å². The predicted octanol–water partition coefficient (Wildman–Crippen LogP) is 2.95. The maximum absolute atomic E-state index is 12.1. The summed E-state index contributed by atoms with van der Waals surface area (Å²) in [6, 6.07) is 14.8. The van der Waals surface area contributed by atoms with Crippen LogP contribution >= 0.6 is 0 Å². The third-order valence-electron chi connectivity index (χ3n) is 4.59. The molecular weight excluding hydrogens is 386 g/mol. The summed E-state index contributed by atoms with van der Waals surface area (Å²) in [4.78, 5) is 49.2. The molecule has 2 N–H and O–H groups in total. The molecule has 0 spiro atoms. The van der Waals surface area contributed by atoms with Gasteiger partial charge in [0.25, 0.3) is 11.8 Å². The lowest BCUT2D eigenvalue weighted by Crippen LogP contribution is -2.40. The highest BCUT2D eigenvalue weighted by atomic mass is 16.5. The van der Waals surface area contributed by atoms with Crippen molar-refractivity contribution in [2.45, 2.75) is 32.2 Å². The molecule has 3 rings (SSSR count). The summed E-state index contributed by atoms with van der Waals surface area (Å²) in [5, 5.41) is 5.36. The second kappa shape index (κ2) is 8.77. The number of ether oxygens (including phenoxy) is 1. The molecule has 0 aromatic heterocycles. The molecule has 0 aliphatic carbocycles. The molecule has 8 nitrogen and oxygen atoms in total. The molecule has 0 bridgehead atoms. The molecule has 1 aliphatic rings. The van der Waals surface area contributed by atoms with Gasteiger partial charge in [0.1, 0.15) is 11.3 Å². The monoisotopic (exact) mass is 409 g/mol. The Balaban J connectivity index is 1.45. The SMILES string of the molecule is CC1(C)NC(=O)N(CCCC(=O)Oc2ccc(NC(=O)c3ccccc3)cc2)C1=O. The van der Waals surface area contributed by atoms with Gasteiger partial charge in [0, 0.05) is 24.2 Å². The first-order valence-electron chi connectivity index (χ1n) is 9.57. The van der Waals surface area contributed by atoms with Gasteiger partial charge >= 0.3 is 12.0 Å². The highest BCUT2D eigenvalue weighted by Crippen LogP contribution is 2.19. The first kappa shape index (κ1) is 21.0. The van der Waals surface area contributed by atoms with Gasteiger partial charge < -0.3 is 15.4 Å². The topological polar surface area (TPSA) is 105 Å². The molecule has 1 aliphatic heterocycles. The fourth-order valence-electron chi connectivity index (χ4n) is 2.98. The molecule has 4 amide bonds. The number of anilines is 1. The molecule has 156 valence electrons. The normalized spacial score (nSPS) is 14.9. The molecule has 30 heavy (non-hydrogen) atoms. The van der Waals surface area contributed by atoms with Gasteiger partial charge in [-0.2, -0.15) is 0 Å². The van der Waals surface area contributed by atoms with E-state index in [1.54, 1.807) is 62.4 Å². The summed E-state index contributed by atoms with van der Waals surface area (Å²) in [6.45, 7) is 3.41. The first-order chi connectivity index (χ1) is 14.3. The van der Waals surface area contributed by atoms with E-state index in [1.807, 2.05) is 6.07 Å². The fraction of sp³-hybridized carbons (Fsp3) is 0.273. The highest BCUT2D eigenvalue weighted by Gasteiger charge is 2.43. The number of esters is 1. The molecular formula is C22H23N3O5. The lowest BCUT2D eigenvalue weighted by Gasteiger charge is -2.15. The van der Waals surface area contributed by atoms with E-state index in [0.717, 1.165) is 4.90 Å². The summed E-state index contributed by atoms with van der Waals surface area (Å²) in [5.41, 5.74) is 0.196. The summed E-state index contributed by atoms with van der Waals surface area (Å²) >= 11 is 0. The van der Waals surface area contributed by atoms with Gasteiger partial charge in [-0.1, -0.05) is 18.2 Å². The average Bonchev–Trinajstić information content (AvgIpc) is 2.91. The number of carbonyl (C=O) groups excluding carboxylic acids is 4. The van der Waals surface area contributed by atoms with Crippen LogP contribution in [0.4, 0.5) is 10.5 Å². The van der Waals surface area contributed by atoms with Crippen molar-refractivity contribution in [2.75, 3.05) is 11.9 Å². The minimum atomic E-state index is -0.921. The molecule has 0 unspecified atom stereocenters. The quantitative estimate of drug-likeness (QED) is 0.416. The van der Waals surface area contributed by atoms with Crippen molar-refractivity contribution >= 4 is 29.5 Å². The predicted molar refractivity (Wildman–Crippen MR) is 110 cm³/mol. The largest absolute Gasteiger partial charge is 0.427 e. The Morgan fingerprint density at radius 1 is 1.03 bits per heavy atom. The van der Waals surface area contributed by atoms with Crippen molar-refractivity contribution in [3.63, 3.8) is 0 Å². The second-order valence-electron chi connectivity index (χ2n) is 7.43. The number of nitrogens with zero attached hydrogens (tertiary/aromatic N) is 1. The van der Waals surface area contributed by atoms with Crippen molar-refractivity contribution in [3.8, 4) is 5.75 Å². The van der Waals surface area contributed by atoms with Crippen molar-refractivity contribution < 1.29 is 23.9 Å².